The summed E-state index contributed by atoms with van der Waals surface area (Å²) < 4.78 is 50.7. The van der Waals surface area contributed by atoms with Crippen molar-refractivity contribution >= 4 is 12.2 Å². The highest BCUT2D eigenvalue weighted by molar-refractivity contribution is 7.71. The molecule has 17 heavy (non-hydrogen) atoms. The van der Waals surface area contributed by atoms with E-state index in [-0.39, 0.29) is 10.3 Å². The van der Waals surface area contributed by atoms with Crippen molar-refractivity contribution in [2.24, 2.45) is 0 Å². The summed E-state index contributed by atoms with van der Waals surface area (Å²) in [7, 11) is 0. The van der Waals surface area contributed by atoms with Crippen LogP contribution >= 0.6 is 12.2 Å². The van der Waals surface area contributed by atoms with Gasteiger partial charge in [0.25, 0.3) is 0 Å². The van der Waals surface area contributed by atoms with Gasteiger partial charge in [0.2, 0.25) is 0 Å². The van der Waals surface area contributed by atoms with Gasteiger partial charge in [-0.1, -0.05) is 0 Å². The molecule has 0 aliphatic carbocycles. The van der Waals surface area contributed by atoms with Crippen molar-refractivity contribution in [3.8, 4) is 11.3 Å². The predicted molar refractivity (Wildman–Crippen MR) is 56.4 cm³/mol. The Hall–Kier alpha value is -1.63. The van der Waals surface area contributed by atoms with Crippen molar-refractivity contribution in [1.29, 1.82) is 0 Å². The van der Waals surface area contributed by atoms with E-state index in [4.69, 9.17) is 12.2 Å². The molecule has 1 heterocycles. The van der Waals surface area contributed by atoms with Gasteiger partial charge in [0, 0.05) is 11.8 Å². The van der Waals surface area contributed by atoms with Crippen LogP contribution in [0.3, 0.4) is 0 Å². The smallest absolute Gasteiger partial charge is 0.337 e. The van der Waals surface area contributed by atoms with E-state index in [0.717, 1.165) is 12.1 Å². The summed E-state index contributed by atoms with van der Waals surface area (Å²) in [4.78, 5) is 5.28. The van der Waals surface area contributed by atoms with E-state index in [0.29, 0.717) is 5.69 Å². The van der Waals surface area contributed by atoms with Crippen molar-refractivity contribution in [2.45, 2.75) is 6.18 Å². The lowest BCUT2D eigenvalue weighted by Crippen LogP contribution is -2.08. The van der Waals surface area contributed by atoms with Crippen LogP contribution in [0.2, 0.25) is 0 Å². The van der Waals surface area contributed by atoms with Crippen molar-refractivity contribution < 1.29 is 17.6 Å². The largest absolute Gasteiger partial charge is 0.419 e. The first kappa shape index (κ1) is 11.8. The van der Waals surface area contributed by atoms with Crippen LogP contribution in [0.15, 0.2) is 24.4 Å². The fourth-order valence-electron chi connectivity index (χ4n) is 1.40. The van der Waals surface area contributed by atoms with Gasteiger partial charge in [0.15, 0.2) is 4.77 Å². The van der Waals surface area contributed by atoms with Crippen LogP contribution in [-0.4, -0.2) is 9.97 Å². The van der Waals surface area contributed by atoms with Crippen LogP contribution in [0.1, 0.15) is 5.56 Å². The second-order valence-electron chi connectivity index (χ2n) is 3.35. The number of aromatic amines is 2. The second kappa shape index (κ2) is 3.99. The number of halogens is 4. The minimum Gasteiger partial charge on any atom is -0.337 e. The number of aromatic nitrogens is 2. The minimum atomic E-state index is -4.72. The minimum absolute atomic E-state index is 0.214. The highest BCUT2D eigenvalue weighted by Gasteiger charge is 2.34. The summed E-state index contributed by atoms with van der Waals surface area (Å²) in [6.07, 6.45) is -3.29. The van der Waals surface area contributed by atoms with Gasteiger partial charge in [-0.2, -0.15) is 13.2 Å². The molecule has 0 bridgehead atoms. The Bertz CT molecular complexity index is 597. The summed E-state index contributed by atoms with van der Waals surface area (Å²) in [6, 6.07) is 2.77. The molecule has 0 saturated heterocycles. The zero-order valence-corrected chi connectivity index (χ0v) is 9.05. The molecule has 2 rings (SSSR count). The van der Waals surface area contributed by atoms with Crippen molar-refractivity contribution in [3.63, 3.8) is 0 Å². The third kappa shape index (κ3) is 2.38. The fraction of sp³-hybridized carbons (Fsp3) is 0.100. The average Bonchev–Trinajstić information content (AvgIpc) is 2.64. The van der Waals surface area contributed by atoms with E-state index < -0.39 is 17.6 Å². The Morgan fingerprint density at radius 3 is 2.41 bits per heavy atom. The maximum Gasteiger partial charge on any atom is 0.419 e. The molecule has 0 aliphatic rings. The van der Waals surface area contributed by atoms with Crippen LogP contribution in [0.5, 0.6) is 0 Å². The number of benzene rings is 1. The Balaban J connectivity index is 2.55. The molecule has 0 aliphatic heterocycles. The first-order valence-electron chi connectivity index (χ1n) is 4.53. The SMILES string of the molecule is Fc1ccc(-c2c[nH]c(=S)[nH]2)cc1C(F)(F)F. The number of hydrogen-bond acceptors (Lipinski definition) is 1. The molecule has 2 aromatic rings. The molecule has 0 fully saturated rings. The number of nitrogens with one attached hydrogen (secondary N) is 2. The monoisotopic (exact) mass is 262 g/mol. The van der Waals surface area contributed by atoms with Crippen LogP contribution < -0.4 is 0 Å². The lowest BCUT2D eigenvalue weighted by Gasteiger charge is -2.09. The van der Waals surface area contributed by atoms with E-state index in [1.54, 1.807) is 0 Å². The first-order valence-corrected chi connectivity index (χ1v) is 4.93. The quantitative estimate of drug-likeness (QED) is 0.593. The predicted octanol–water partition coefficient (Wildman–Crippen LogP) is 3.90. The lowest BCUT2D eigenvalue weighted by atomic mass is 10.1. The van der Waals surface area contributed by atoms with Gasteiger partial charge in [0.05, 0.1) is 11.3 Å². The van der Waals surface area contributed by atoms with Crippen molar-refractivity contribution in [3.05, 3.63) is 40.5 Å². The Labute approximate surface area is 98.3 Å². The van der Waals surface area contributed by atoms with E-state index in [1.807, 2.05) is 0 Å². The third-order valence-electron chi connectivity index (χ3n) is 2.18. The van der Waals surface area contributed by atoms with E-state index in [2.05, 4.69) is 9.97 Å². The summed E-state index contributed by atoms with van der Waals surface area (Å²) in [5, 5.41) is 0. The Morgan fingerprint density at radius 2 is 1.88 bits per heavy atom. The number of hydrogen-bond donors (Lipinski definition) is 2. The molecule has 1 aromatic carbocycles. The molecular formula is C10H6F4N2S. The number of H-pyrrole nitrogens is 2. The number of imidazole rings is 1. The van der Waals surface area contributed by atoms with Crippen molar-refractivity contribution in [2.75, 3.05) is 0 Å². The summed E-state index contributed by atoms with van der Waals surface area (Å²) in [5.41, 5.74) is -0.706. The molecule has 2 N–H and O–H groups in total. The van der Waals surface area contributed by atoms with Gasteiger partial charge in [-0.3, -0.25) is 0 Å². The molecular weight excluding hydrogens is 256 g/mol. The summed E-state index contributed by atoms with van der Waals surface area (Å²) in [6.45, 7) is 0. The van der Waals surface area contributed by atoms with E-state index >= 15 is 0 Å². The molecule has 0 radical (unpaired) electrons. The Kier molecular flexibility index (Phi) is 2.78. The molecule has 2 nitrogen and oxygen atoms in total. The first-order chi connectivity index (χ1) is 7.88. The lowest BCUT2D eigenvalue weighted by molar-refractivity contribution is -0.139. The average molecular weight is 262 g/mol. The molecule has 0 atom stereocenters. The van der Waals surface area contributed by atoms with Gasteiger partial charge >= 0.3 is 6.18 Å². The summed E-state index contributed by atoms with van der Waals surface area (Å²) >= 11 is 4.76. The Morgan fingerprint density at radius 1 is 1.18 bits per heavy atom. The molecule has 0 unspecified atom stereocenters. The summed E-state index contributed by atoms with van der Waals surface area (Å²) in [5.74, 6) is -1.30. The van der Waals surface area contributed by atoms with Gasteiger partial charge in [-0.25, -0.2) is 4.39 Å². The topological polar surface area (TPSA) is 31.6 Å². The highest BCUT2D eigenvalue weighted by Crippen LogP contribution is 2.33. The number of alkyl halides is 3. The van der Waals surface area contributed by atoms with Crippen LogP contribution in [-0.2, 0) is 6.18 Å². The highest BCUT2D eigenvalue weighted by atomic mass is 32.1. The van der Waals surface area contributed by atoms with Gasteiger partial charge in [-0.05, 0) is 30.4 Å². The molecule has 0 spiro atoms. The zero-order chi connectivity index (χ0) is 12.6. The van der Waals surface area contributed by atoms with E-state index in [1.165, 1.54) is 12.3 Å². The maximum atomic E-state index is 13.0. The van der Waals surface area contributed by atoms with Crippen LogP contribution in [0.4, 0.5) is 17.6 Å². The van der Waals surface area contributed by atoms with E-state index in [9.17, 15) is 17.6 Å². The molecule has 90 valence electrons. The molecule has 0 amide bonds. The normalized spacial score (nSPS) is 11.8. The second-order valence-corrected chi connectivity index (χ2v) is 3.76. The van der Waals surface area contributed by atoms with Gasteiger partial charge < -0.3 is 9.97 Å². The molecule has 1 aromatic heterocycles. The van der Waals surface area contributed by atoms with Crippen molar-refractivity contribution in [1.82, 2.24) is 9.97 Å². The zero-order valence-electron chi connectivity index (χ0n) is 8.23. The maximum absolute atomic E-state index is 13.0. The molecule has 0 saturated carbocycles. The van der Waals surface area contributed by atoms with Crippen LogP contribution in [0.25, 0.3) is 11.3 Å². The fourth-order valence-corrected chi connectivity index (χ4v) is 1.57. The van der Waals surface area contributed by atoms with Gasteiger partial charge in [0.1, 0.15) is 5.82 Å². The van der Waals surface area contributed by atoms with Gasteiger partial charge in [-0.15, -0.1) is 0 Å². The van der Waals surface area contributed by atoms with Crippen LogP contribution in [0, 0.1) is 10.6 Å². The standard InChI is InChI=1S/C10H6F4N2S/c11-7-2-1-5(3-6(7)10(12,13)14)8-4-15-9(17)16-8/h1-4H,(H2,15,16,17). The number of rotatable bonds is 1. The molecule has 7 heteroatoms. The third-order valence-corrected chi connectivity index (χ3v) is 2.40.